The Kier molecular flexibility index (Phi) is 10.9. The molecule has 0 unspecified atom stereocenters. The van der Waals surface area contributed by atoms with Crippen LogP contribution in [0.25, 0.3) is 16.5 Å². The maximum atomic E-state index is 10.7. The van der Waals surface area contributed by atoms with E-state index in [1.54, 1.807) is 31.2 Å². The molecule has 1 heterocycles. The Labute approximate surface area is 288 Å². The molecule has 6 aromatic rings. The third-order valence-corrected chi connectivity index (χ3v) is 6.74. The maximum absolute atomic E-state index is 10.7. The number of benzene rings is 5. The van der Waals surface area contributed by atoms with Crippen LogP contribution in [-0.4, -0.2) is 40.1 Å². The van der Waals surface area contributed by atoms with E-state index in [9.17, 15) is 40.7 Å². The van der Waals surface area contributed by atoms with Gasteiger partial charge in [-0.05, 0) is 42.6 Å². The third-order valence-electron chi connectivity index (χ3n) is 6.74. The van der Waals surface area contributed by atoms with Crippen LogP contribution in [0.2, 0.25) is 0 Å². The van der Waals surface area contributed by atoms with Crippen LogP contribution in [-0.2, 0) is 16.8 Å². The Morgan fingerprint density at radius 1 is 0.653 bits per heavy atom. The minimum absolute atomic E-state index is 0. The first kappa shape index (κ1) is 35.1. The Balaban J connectivity index is 0.000000261. The number of non-ortho nitro benzene ring substituents is 2. The van der Waals surface area contributed by atoms with E-state index in [4.69, 9.17) is 0 Å². The molecule has 17 heteroatoms. The molecular weight excluding hydrogens is 683 g/mol. The standard InChI is InChI=1S/C16H13N5O4.C16H11N3O4.Co/c1-10-15(16(23)20(19-10)11-5-3-2-4-6-11)18-17-13-8-7-12(21(24)25)9-14(13)22;20-14-8-5-10-3-1-2-4-12(10)16(14)18-17-13-7-6-11(19(22)23)9-15(13)21;/h2-9,22-23H,1H3;1-9,20-21H;/p+1. The van der Waals surface area contributed by atoms with Gasteiger partial charge in [-0.25, -0.2) is 0 Å². The van der Waals surface area contributed by atoms with Gasteiger partial charge in [-0.15, -0.1) is 20.5 Å². The summed E-state index contributed by atoms with van der Waals surface area (Å²) in [4.78, 5) is 20.1. The molecule has 1 radical (unpaired) electrons. The number of fused-ring (bicyclic) bond motifs is 1. The SMILES string of the molecule is Cc1nn(-c2ccccc2)c(O)c1N=Nc1ccc([N+](=O)[O-])cc1O.O=[N+]([O-])c1ccc(N=Nc2c(O)ccc3ccccc23)c(O)c1.[Co].[H+]. The summed E-state index contributed by atoms with van der Waals surface area (Å²) >= 11 is 0. The van der Waals surface area contributed by atoms with Crippen LogP contribution >= 0.6 is 0 Å². The second-order valence-corrected chi connectivity index (χ2v) is 9.92. The molecular formula is C32H25CoN8O8+. The summed E-state index contributed by atoms with van der Waals surface area (Å²) in [5, 5.41) is 82.6. The number of aryl methyl sites for hydroxylation is 1. The van der Waals surface area contributed by atoms with Gasteiger partial charge in [0, 0.05) is 34.3 Å². The third kappa shape index (κ3) is 7.99. The second kappa shape index (κ2) is 15.2. The number of nitrogens with zero attached hydrogens (tertiary/aromatic N) is 8. The van der Waals surface area contributed by atoms with Gasteiger partial charge in [-0.2, -0.15) is 9.78 Å². The first-order chi connectivity index (χ1) is 23.0. The van der Waals surface area contributed by atoms with Crippen molar-refractivity contribution in [1.29, 1.82) is 0 Å². The molecule has 0 saturated heterocycles. The Bertz CT molecular complexity index is 2230. The molecule has 0 bridgehead atoms. The summed E-state index contributed by atoms with van der Waals surface area (Å²) in [5.41, 5.74) is 1.11. The summed E-state index contributed by atoms with van der Waals surface area (Å²) in [6, 6.07) is 26.6. The van der Waals surface area contributed by atoms with E-state index in [1.165, 1.54) is 35.0 Å². The second-order valence-electron chi connectivity index (χ2n) is 9.92. The Morgan fingerprint density at radius 2 is 1.18 bits per heavy atom. The summed E-state index contributed by atoms with van der Waals surface area (Å²) in [6.07, 6.45) is 0. The van der Waals surface area contributed by atoms with Crippen molar-refractivity contribution in [2.45, 2.75) is 6.92 Å². The zero-order valence-corrected chi connectivity index (χ0v) is 26.2. The van der Waals surface area contributed by atoms with Gasteiger partial charge >= 0.3 is 1.43 Å². The molecule has 0 aliphatic carbocycles. The summed E-state index contributed by atoms with van der Waals surface area (Å²) in [5.74, 6) is -0.990. The average Bonchev–Trinajstić information content (AvgIpc) is 3.37. The molecule has 0 aliphatic rings. The fraction of sp³-hybridized carbons (Fsp3) is 0.0312. The van der Waals surface area contributed by atoms with Crippen molar-refractivity contribution < 1.29 is 48.5 Å². The first-order valence-electron chi connectivity index (χ1n) is 13.9. The molecule has 0 amide bonds. The number of aromatic hydroxyl groups is 4. The van der Waals surface area contributed by atoms with Crippen LogP contribution in [0.4, 0.5) is 34.1 Å². The normalized spacial score (nSPS) is 10.9. The van der Waals surface area contributed by atoms with E-state index in [-0.39, 0.29) is 75.5 Å². The number of azo groups is 2. The number of nitro benzene ring substituents is 2. The number of hydrogen-bond acceptors (Lipinski definition) is 13. The van der Waals surface area contributed by atoms with Gasteiger partial charge < -0.3 is 20.4 Å². The van der Waals surface area contributed by atoms with Crippen LogP contribution in [0.5, 0.6) is 23.1 Å². The van der Waals surface area contributed by atoms with Crippen molar-refractivity contribution >= 4 is 44.9 Å². The van der Waals surface area contributed by atoms with Gasteiger partial charge in [-0.1, -0.05) is 48.5 Å². The minimum Gasteiger partial charge on any atom is -0.506 e. The largest absolute Gasteiger partial charge is 1.00 e. The molecule has 49 heavy (non-hydrogen) atoms. The molecule has 4 N–H and O–H groups in total. The molecule has 6 rings (SSSR count). The number of aromatic nitrogens is 2. The monoisotopic (exact) mass is 708 g/mol. The predicted molar refractivity (Wildman–Crippen MR) is 175 cm³/mol. The molecule has 16 nitrogen and oxygen atoms in total. The number of phenols is 3. The van der Waals surface area contributed by atoms with Crippen LogP contribution in [0.3, 0.4) is 0 Å². The van der Waals surface area contributed by atoms with Crippen LogP contribution in [0.1, 0.15) is 7.12 Å². The quantitative estimate of drug-likeness (QED) is 0.0704. The number of nitro groups is 2. The smallest absolute Gasteiger partial charge is 0.506 e. The molecule has 0 atom stereocenters. The molecule has 0 spiro atoms. The molecule has 0 saturated carbocycles. The van der Waals surface area contributed by atoms with E-state index >= 15 is 0 Å². The molecule has 0 aliphatic heterocycles. The van der Waals surface area contributed by atoms with Gasteiger partial charge in [0.15, 0.2) is 5.69 Å². The number of phenolic OH excluding ortho intramolecular Hbond substituents is 3. The van der Waals surface area contributed by atoms with Crippen molar-refractivity contribution in [3.63, 3.8) is 0 Å². The van der Waals surface area contributed by atoms with Crippen LogP contribution in [0, 0.1) is 27.2 Å². The van der Waals surface area contributed by atoms with Crippen molar-refractivity contribution in [3.8, 4) is 28.8 Å². The Hall–Kier alpha value is -6.72. The summed E-state index contributed by atoms with van der Waals surface area (Å²) in [6.45, 7) is 1.66. The van der Waals surface area contributed by atoms with Gasteiger partial charge in [-0.3, -0.25) is 20.2 Å². The van der Waals surface area contributed by atoms with Gasteiger partial charge in [0.1, 0.15) is 34.3 Å². The fourth-order valence-electron chi connectivity index (χ4n) is 4.35. The first-order valence-corrected chi connectivity index (χ1v) is 13.9. The van der Waals surface area contributed by atoms with Gasteiger partial charge in [0.2, 0.25) is 5.88 Å². The van der Waals surface area contributed by atoms with Crippen molar-refractivity contribution in [2.24, 2.45) is 20.5 Å². The van der Waals surface area contributed by atoms with Crippen molar-refractivity contribution in [3.05, 3.63) is 129 Å². The van der Waals surface area contributed by atoms with Crippen LogP contribution in [0.15, 0.2) is 124 Å². The van der Waals surface area contributed by atoms with E-state index in [0.717, 1.165) is 17.5 Å². The van der Waals surface area contributed by atoms with Crippen molar-refractivity contribution in [2.75, 3.05) is 0 Å². The minimum atomic E-state index is -0.624. The fourth-order valence-corrected chi connectivity index (χ4v) is 4.35. The molecule has 249 valence electrons. The van der Waals surface area contributed by atoms with Gasteiger partial charge in [0.25, 0.3) is 11.4 Å². The average molecular weight is 709 g/mol. The van der Waals surface area contributed by atoms with E-state index < -0.39 is 9.85 Å². The molecule has 0 fully saturated rings. The topological polar surface area (TPSA) is 234 Å². The summed E-state index contributed by atoms with van der Waals surface area (Å²) in [7, 11) is 0. The molecule has 5 aromatic carbocycles. The van der Waals surface area contributed by atoms with Gasteiger partial charge in [0.05, 0.1) is 33.4 Å². The Morgan fingerprint density at radius 3 is 1.73 bits per heavy atom. The van der Waals surface area contributed by atoms with E-state index in [0.29, 0.717) is 16.8 Å². The maximum Gasteiger partial charge on any atom is 1.00 e. The number of hydrogen-bond donors (Lipinski definition) is 4. The summed E-state index contributed by atoms with van der Waals surface area (Å²) < 4.78 is 1.32. The predicted octanol–water partition coefficient (Wildman–Crippen LogP) is 8.60. The zero-order valence-electron chi connectivity index (χ0n) is 26.1. The molecule has 1 aromatic heterocycles. The van der Waals surface area contributed by atoms with E-state index in [2.05, 4.69) is 25.6 Å². The van der Waals surface area contributed by atoms with Crippen molar-refractivity contribution in [1.82, 2.24) is 9.78 Å². The van der Waals surface area contributed by atoms with Crippen LogP contribution < -0.4 is 0 Å². The zero-order chi connectivity index (χ0) is 34.4. The van der Waals surface area contributed by atoms with E-state index in [1.807, 2.05) is 36.4 Å². The number of para-hydroxylation sites is 1. The number of rotatable bonds is 7.